The summed E-state index contributed by atoms with van der Waals surface area (Å²) in [5, 5.41) is 12.1. The molecule has 1 saturated heterocycles. The number of ether oxygens (including phenoxy) is 2. The Labute approximate surface area is 239 Å². The maximum atomic E-state index is 12.4. The van der Waals surface area contributed by atoms with Crippen molar-refractivity contribution in [2.75, 3.05) is 26.1 Å². The van der Waals surface area contributed by atoms with E-state index in [-0.39, 0.29) is 18.4 Å². The number of aromatic nitrogens is 3. The molecule has 1 aliphatic rings. The lowest BCUT2D eigenvalue weighted by Gasteiger charge is -2.11. The molecule has 2 amide bonds. The lowest BCUT2D eigenvalue weighted by molar-refractivity contribution is -0.121. The Balaban J connectivity index is 1.14. The van der Waals surface area contributed by atoms with E-state index in [1.54, 1.807) is 54.4 Å². The van der Waals surface area contributed by atoms with Crippen LogP contribution in [0, 0.1) is 0 Å². The number of hydrogen-bond donors (Lipinski definition) is 1. The Kier molecular flexibility index (Phi) is 8.24. The molecule has 0 saturated carbocycles. The van der Waals surface area contributed by atoms with Crippen molar-refractivity contribution in [3.8, 4) is 11.5 Å². The normalized spacial score (nSPS) is 14.5. The van der Waals surface area contributed by atoms with Crippen LogP contribution in [0.2, 0.25) is 0 Å². The van der Waals surface area contributed by atoms with Gasteiger partial charge < -0.3 is 9.47 Å². The molecule has 5 rings (SSSR count). The highest BCUT2D eigenvalue weighted by atomic mass is 32.2. The Hall–Kier alpha value is -3.04. The van der Waals surface area contributed by atoms with E-state index in [2.05, 4.69) is 20.5 Å². The van der Waals surface area contributed by atoms with Gasteiger partial charge in [-0.15, -0.1) is 21.5 Å². The zero-order valence-corrected chi connectivity index (χ0v) is 24.1. The molecule has 2 aromatic heterocycles. The van der Waals surface area contributed by atoms with Gasteiger partial charge in [-0.1, -0.05) is 65.3 Å². The number of likely N-dealkylation sites (N-methyl/N-ethyl adjacent to an activating group) is 1. The largest absolute Gasteiger partial charge is 0.493 e. The number of para-hydroxylation sites is 1. The predicted molar refractivity (Wildman–Crippen MR) is 157 cm³/mol. The number of amides is 2. The van der Waals surface area contributed by atoms with E-state index in [1.165, 1.54) is 35.1 Å². The third kappa shape index (κ3) is 6.15. The first-order valence-electron chi connectivity index (χ1n) is 11.0. The van der Waals surface area contributed by atoms with Gasteiger partial charge in [-0.3, -0.25) is 19.8 Å². The average molecular weight is 602 g/mol. The summed E-state index contributed by atoms with van der Waals surface area (Å²) in [6.07, 6.45) is 1.74. The quantitative estimate of drug-likeness (QED) is 0.154. The van der Waals surface area contributed by atoms with Gasteiger partial charge in [-0.25, -0.2) is 4.98 Å². The van der Waals surface area contributed by atoms with E-state index in [0.29, 0.717) is 31.6 Å². The number of anilines is 1. The zero-order valence-electron chi connectivity index (χ0n) is 20.0. The third-order valence-corrected chi connectivity index (χ3v) is 9.83. The minimum absolute atomic E-state index is 0.147. The summed E-state index contributed by atoms with van der Waals surface area (Å²) in [7, 11) is 3.15. The average Bonchev–Trinajstić information content (AvgIpc) is 3.61. The van der Waals surface area contributed by atoms with Crippen molar-refractivity contribution in [1.29, 1.82) is 0 Å². The van der Waals surface area contributed by atoms with Gasteiger partial charge in [0.15, 0.2) is 22.4 Å². The van der Waals surface area contributed by atoms with Crippen molar-refractivity contribution in [1.82, 2.24) is 20.1 Å². The topological polar surface area (TPSA) is 107 Å². The van der Waals surface area contributed by atoms with Crippen LogP contribution in [0.1, 0.15) is 10.6 Å². The van der Waals surface area contributed by atoms with Crippen LogP contribution in [-0.2, 0) is 15.3 Å². The highest BCUT2D eigenvalue weighted by Crippen LogP contribution is 2.35. The molecule has 0 atom stereocenters. The molecular formula is C24H19N5O4S5. The van der Waals surface area contributed by atoms with Crippen molar-refractivity contribution in [2.24, 2.45) is 0 Å². The zero-order chi connectivity index (χ0) is 26.6. The number of rotatable bonds is 9. The predicted octanol–water partition coefficient (Wildman–Crippen LogP) is 5.30. The molecule has 1 fully saturated rings. The molecule has 1 N–H and O–H groups in total. The van der Waals surface area contributed by atoms with Crippen molar-refractivity contribution < 1.29 is 19.1 Å². The molecule has 4 aromatic rings. The van der Waals surface area contributed by atoms with Crippen LogP contribution in [0.4, 0.5) is 5.13 Å². The van der Waals surface area contributed by atoms with Gasteiger partial charge in [0.05, 0.1) is 28.0 Å². The van der Waals surface area contributed by atoms with Crippen LogP contribution in [0.25, 0.3) is 16.3 Å². The van der Waals surface area contributed by atoms with Gasteiger partial charge in [-0.2, -0.15) is 0 Å². The summed E-state index contributed by atoms with van der Waals surface area (Å²) in [5.41, 5.74) is 1.73. The number of nitrogens with one attached hydrogen (secondary N) is 1. The first-order valence-corrected chi connectivity index (χ1v) is 14.9. The number of benzene rings is 2. The van der Waals surface area contributed by atoms with Gasteiger partial charge in [0.25, 0.3) is 11.8 Å². The van der Waals surface area contributed by atoms with Crippen LogP contribution >= 0.6 is 58.4 Å². The number of carbonyl (C=O) groups excluding carboxylic acids is 2. The number of methoxy groups -OCH3 is 1. The summed E-state index contributed by atoms with van der Waals surface area (Å²) >= 11 is 10.9. The molecule has 194 valence electrons. The van der Waals surface area contributed by atoms with E-state index in [9.17, 15) is 9.59 Å². The molecular weight excluding hydrogens is 583 g/mol. The number of fused-ring (bicyclic) bond motifs is 1. The molecule has 1 aliphatic heterocycles. The smallest absolute Gasteiger partial charge is 0.265 e. The summed E-state index contributed by atoms with van der Waals surface area (Å²) in [6, 6.07) is 13.2. The minimum Gasteiger partial charge on any atom is -0.493 e. The van der Waals surface area contributed by atoms with Crippen molar-refractivity contribution in [3.05, 3.63) is 57.9 Å². The molecule has 9 nitrogen and oxygen atoms in total. The Morgan fingerprint density at radius 1 is 1.18 bits per heavy atom. The second kappa shape index (κ2) is 11.8. The van der Waals surface area contributed by atoms with Gasteiger partial charge in [-0.05, 0) is 35.9 Å². The van der Waals surface area contributed by atoms with Gasteiger partial charge in [0.2, 0.25) is 5.13 Å². The molecule has 38 heavy (non-hydrogen) atoms. The first kappa shape index (κ1) is 26.6. The summed E-state index contributed by atoms with van der Waals surface area (Å²) < 4.78 is 13.7. The van der Waals surface area contributed by atoms with E-state index >= 15 is 0 Å². The standard InChI is InChI=1S/C24H19N5O4S5/c1-29-21(31)18(37-24(29)34)10-13-7-8-15(16(9-13)32-2)33-11-19(30)26-22-28-27-20(38-22)12-35-23-25-14-5-3-4-6-17(14)36-23/h3-10H,11-12H2,1-2H3,(H,26,28,30)/b18-10-. The number of hydrogen-bond acceptors (Lipinski definition) is 12. The van der Waals surface area contributed by atoms with Crippen LogP contribution < -0.4 is 14.8 Å². The minimum atomic E-state index is -0.371. The highest BCUT2D eigenvalue weighted by Gasteiger charge is 2.28. The maximum Gasteiger partial charge on any atom is 0.265 e. The lowest BCUT2D eigenvalue weighted by atomic mass is 10.2. The number of thioether (sulfide) groups is 2. The molecule has 14 heteroatoms. The number of thiocarbonyl (C=S) groups is 1. The van der Waals surface area contributed by atoms with Crippen LogP contribution in [0.5, 0.6) is 11.5 Å². The number of nitrogens with zero attached hydrogens (tertiary/aromatic N) is 4. The van der Waals surface area contributed by atoms with Gasteiger partial charge in [0.1, 0.15) is 9.33 Å². The fraction of sp³-hybridized carbons (Fsp3) is 0.167. The Morgan fingerprint density at radius 3 is 2.79 bits per heavy atom. The molecule has 0 bridgehead atoms. The third-order valence-electron chi connectivity index (χ3n) is 5.14. The SMILES string of the molecule is COc1cc(/C=C2\SC(=S)N(C)C2=O)ccc1OCC(=O)Nc1nnc(CSc2nc3ccccc3s2)s1. The summed E-state index contributed by atoms with van der Waals surface area (Å²) in [4.78, 5) is 31.3. The van der Waals surface area contributed by atoms with E-state index in [4.69, 9.17) is 21.7 Å². The maximum absolute atomic E-state index is 12.4. The Morgan fingerprint density at radius 2 is 2.03 bits per heavy atom. The van der Waals surface area contributed by atoms with Crippen LogP contribution in [0.15, 0.2) is 51.7 Å². The Bertz CT molecular complexity index is 1530. The summed E-state index contributed by atoms with van der Waals surface area (Å²) in [6.45, 7) is -0.237. The van der Waals surface area contributed by atoms with Crippen molar-refractivity contribution in [3.63, 3.8) is 0 Å². The van der Waals surface area contributed by atoms with Crippen molar-refractivity contribution in [2.45, 2.75) is 10.1 Å². The number of carbonyl (C=O) groups is 2. The molecule has 0 spiro atoms. The van der Waals surface area contributed by atoms with E-state index in [0.717, 1.165) is 25.1 Å². The fourth-order valence-electron chi connectivity index (χ4n) is 3.29. The summed E-state index contributed by atoms with van der Waals surface area (Å²) in [5.74, 6) is 0.919. The second-order valence-electron chi connectivity index (χ2n) is 7.73. The second-order valence-corrected chi connectivity index (χ2v) is 12.7. The fourth-order valence-corrected chi connectivity index (χ4v) is 7.28. The highest BCUT2D eigenvalue weighted by molar-refractivity contribution is 8.26. The van der Waals surface area contributed by atoms with E-state index < -0.39 is 0 Å². The lowest BCUT2D eigenvalue weighted by Crippen LogP contribution is -2.22. The molecule has 0 radical (unpaired) electrons. The van der Waals surface area contributed by atoms with Crippen LogP contribution in [0.3, 0.4) is 0 Å². The van der Waals surface area contributed by atoms with Gasteiger partial charge in [0, 0.05) is 7.05 Å². The van der Waals surface area contributed by atoms with Crippen molar-refractivity contribution >= 4 is 96.0 Å². The van der Waals surface area contributed by atoms with E-state index in [1.807, 2.05) is 24.3 Å². The molecule has 0 unspecified atom stereocenters. The van der Waals surface area contributed by atoms with Crippen LogP contribution in [-0.4, -0.2) is 57.0 Å². The molecule has 2 aromatic carbocycles. The monoisotopic (exact) mass is 601 g/mol. The first-order chi connectivity index (χ1) is 18.4. The number of thiazole rings is 1. The van der Waals surface area contributed by atoms with Gasteiger partial charge >= 0.3 is 0 Å². The molecule has 0 aliphatic carbocycles. The molecule has 3 heterocycles.